The highest BCUT2D eigenvalue weighted by atomic mass is 127. The van der Waals surface area contributed by atoms with E-state index in [1.54, 1.807) is 12.1 Å². The highest BCUT2D eigenvalue weighted by Crippen LogP contribution is 2.24. The number of carbonyl (C=O) groups is 1. The molecule has 0 radical (unpaired) electrons. The van der Waals surface area contributed by atoms with E-state index < -0.39 is 0 Å². The van der Waals surface area contributed by atoms with Crippen LogP contribution in [0.1, 0.15) is 15.9 Å². The van der Waals surface area contributed by atoms with Crippen molar-refractivity contribution in [2.24, 2.45) is 0 Å². The molecular weight excluding hydrogens is 291 g/mol. The standard InChI is InChI=1S/C11H11IO2/c1-3-4-14-11-8(2)5-10(12)6-9(11)7-13/h3,5-7H,1,4H2,2H3. The predicted molar refractivity (Wildman–Crippen MR) is 65.0 cm³/mol. The molecule has 0 heterocycles. The van der Waals surface area contributed by atoms with E-state index in [2.05, 4.69) is 29.2 Å². The molecule has 14 heavy (non-hydrogen) atoms. The Balaban J connectivity index is 3.11. The Labute approximate surface area is 97.1 Å². The van der Waals surface area contributed by atoms with Crippen LogP contribution in [0.4, 0.5) is 0 Å². The molecule has 0 N–H and O–H groups in total. The molecule has 0 aromatic heterocycles. The third-order valence-corrected chi connectivity index (χ3v) is 2.36. The van der Waals surface area contributed by atoms with Crippen molar-refractivity contribution < 1.29 is 9.53 Å². The van der Waals surface area contributed by atoms with E-state index in [1.807, 2.05) is 13.0 Å². The van der Waals surface area contributed by atoms with E-state index in [0.29, 0.717) is 17.9 Å². The van der Waals surface area contributed by atoms with Gasteiger partial charge in [-0.15, -0.1) is 0 Å². The molecule has 0 spiro atoms. The van der Waals surface area contributed by atoms with E-state index in [1.165, 1.54) is 0 Å². The summed E-state index contributed by atoms with van der Waals surface area (Å²) in [5.41, 5.74) is 1.57. The number of halogens is 1. The Morgan fingerprint density at radius 3 is 2.86 bits per heavy atom. The van der Waals surface area contributed by atoms with Gasteiger partial charge in [0, 0.05) is 3.57 Å². The van der Waals surface area contributed by atoms with Gasteiger partial charge >= 0.3 is 0 Å². The van der Waals surface area contributed by atoms with Crippen LogP contribution in [0.15, 0.2) is 24.8 Å². The minimum atomic E-state index is 0.419. The van der Waals surface area contributed by atoms with Crippen LogP contribution in [0.3, 0.4) is 0 Å². The maximum Gasteiger partial charge on any atom is 0.153 e. The summed E-state index contributed by atoms with van der Waals surface area (Å²) in [4.78, 5) is 10.8. The molecule has 0 bridgehead atoms. The highest BCUT2D eigenvalue weighted by molar-refractivity contribution is 14.1. The van der Waals surface area contributed by atoms with Gasteiger partial charge in [0.15, 0.2) is 6.29 Å². The topological polar surface area (TPSA) is 26.3 Å². The van der Waals surface area contributed by atoms with Gasteiger partial charge in [-0.2, -0.15) is 0 Å². The molecule has 1 aromatic carbocycles. The number of hydrogen-bond donors (Lipinski definition) is 0. The lowest BCUT2D eigenvalue weighted by molar-refractivity contribution is 0.112. The van der Waals surface area contributed by atoms with Crippen LogP contribution in [0.25, 0.3) is 0 Å². The molecule has 0 fully saturated rings. The first kappa shape index (κ1) is 11.2. The van der Waals surface area contributed by atoms with Crippen molar-refractivity contribution in [3.63, 3.8) is 0 Å². The molecule has 0 aliphatic carbocycles. The van der Waals surface area contributed by atoms with Crippen molar-refractivity contribution in [1.29, 1.82) is 0 Å². The zero-order valence-electron chi connectivity index (χ0n) is 7.92. The lowest BCUT2D eigenvalue weighted by Crippen LogP contribution is -1.99. The molecule has 0 atom stereocenters. The van der Waals surface area contributed by atoms with Crippen molar-refractivity contribution in [1.82, 2.24) is 0 Å². The molecule has 2 nitrogen and oxygen atoms in total. The molecule has 0 saturated carbocycles. The smallest absolute Gasteiger partial charge is 0.153 e. The van der Waals surface area contributed by atoms with Crippen molar-refractivity contribution in [3.8, 4) is 5.75 Å². The first-order valence-corrected chi connectivity index (χ1v) is 5.26. The first-order valence-electron chi connectivity index (χ1n) is 4.18. The Kier molecular flexibility index (Phi) is 4.13. The third-order valence-electron chi connectivity index (χ3n) is 1.74. The van der Waals surface area contributed by atoms with E-state index in [9.17, 15) is 4.79 Å². The quantitative estimate of drug-likeness (QED) is 0.485. The van der Waals surface area contributed by atoms with Gasteiger partial charge in [-0.05, 0) is 47.2 Å². The fourth-order valence-corrected chi connectivity index (χ4v) is 1.99. The fraction of sp³-hybridized carbons (Fsp3) is 0.182. The normalized spacial score (nSPS) is 9.57. The Bertz CT molecular complexity index is 359. The highest BCUT2D eigenvalue weighted by Gasteiger charge is 2.07. The summed E-state index contributed by atoms with van der Waals surface area (Å²) in [6.07, 6.45) is 2.47. The SMILES string of the molecule is C=CCOc1c(C)cc(I)cc1C=O. The van der Waals surface area contributed by atoms with E-state index in [4.69, 9.17) is 4.74 Å². The first-order chi connectivity index (χ1) is 6.69. The molecule has 0 aliphatic heterocycles. The lowest BCUT2D eigenvalue weighted by atomic mass is 10.1. The van der Waals surface area contributed by atoms with Gasteiger partial charge < -0.3 is 4.74 Å². The molecule has 1 aromatic rings. The van der Waals surface area contributed by atoms with Crippen LogP contribution in [-0.4, -0.2) is 12.9 Å². The molecule has 0 unspecified atom stereocenters. The zero-order chi connectivity index (χ0) is 10.6. The summed E-state index contributed by atoms with van der Waals surface area (Å²) in [5, 5.41) is 0. The molecule has 74 valence electrons. The second-order valence-electron chi connectivity index (χ2n) is 2.86. The number of aldehydes is 1. The van der Waals surface area contributed by atoms with Crippen molar-refractivity contribution in [3.05, 3.63) is 39.5 Å². The van der Waals surface area contributed by atoms with Crippen LogP contribution < -0.4 is 4.74 Å². The summed E-state index contributed by atoms with van der Waals surface area (Å²) >= 11 is 2.17. The zero-order valence-corrected chi connectivity index (χ0v) is 10.1. The maximum atomic E-state index is 10.8. The Morgan fingerprint density at radius 1 is 1.57 bits per heavy atom. The number of carbonyl (C=O) groups excluding carboxylic acids is 1. The average Bonchev–Trinajstić information content (AvgIpc) is 2.15. The summed E-state index contributed by atoms with van der Waals surface area (Å²) in [7, 11) is 0. The third kappa shape index (κ3) is 2.57. The lowest BCUT2D eigenvalue weighted by Gasteiger charge is -2.09. The second-order valence-corrected chi connectivity index (χ2v) is 4.10. The van der Waals surface area contributed by atoms with Gasteiger partial charge in [-0.1, -0.05) is 12.7 Å². The molecular formula is C11H11IO2. The van der Waals surface area contributed by atoms with Crippen LogP contribution in [-0.2, 0) is 0 Å². The summed E-state index contributed by atoms with van der Waals surface area (Å²) < 4.78 is 6.45. The van der Waals surface area contributed by atoms with Gasteiger partial charge in [0.25, 0.3) is 0 Å². The van der Waals surface area contributed by atoms with Crippen molar-refractivity contribution >= 4 is 28.9 Å². The number of benzene rings is 1. The van der Waals surface area contributed by atoms with Crippen molar-refractivity contribution in [2.45, 2.75) is 6.92 Å². The monoisotopic (exact) mass is 302 g/mol. The Morgan fingerprint density at radius 2 is 2.29 bits per heavy atom. The Hall–Kier alpha value is -0.840. The van der Waals surface area contributed by atoms with E-state index in [0.717, 1.165) is 15.4 Å². The predicted octanol–water partition coefficient (Wildman–Crippen LogP) is 2.98. The van der Waals surface area contributed by atoms with Crippen LogP contribution in [0.2, 0.25) is 0 Å². The minimum absolute atomic E-state index is 0.419. The van der Waals surface area contributed by atoms with Gasteiger partial charge in [0.05, 0.1) is 5.56 Å². The fourth-order valence-electron chi connectivity index (χ4n) is 1.18. The maximum absolute atomic E-state index is 10.8. The molecule has 0 aliphatic rings. The van der Waals surface area contributed by atoms with Crippen LogP contribution >= 0.6 is 22.6 Å². The number of aryl methyl sites for hydroxylation is 1. The number of hydrogen-bond acceptors (Lipinski definition) is 2. The summed E-state index contributed by atoms with van der Waals surface area (Å²) in [5.74, 6) is 0.653. The average molecular weight is 302 g/mol. The summed E-state index contributed by atoms with van der Waals surface area (Å²) in [6.45, 7) is 5.91. The van der Waals surface area contributed by atoms with Crippen molar-refractivity contribution in [2.75, 3.05) is 6.61 Å². The van der Waals surface area contributed by atoms with Crippen LogP contribution in [0.5, 0.6) is 5.75 Å². The largest absolute Gasteiger partial charge is 0.489 e. The minimum Gasteiger partial charge on any atom is -0.489 e. The van der Waals surface area contributed by atoms with Crippen LogP contribution in [0, 0.1) is 10.5 Å². The molecule has 0 saturated heterocycles. The van der Waals surface area contributed by atoms with Gasteiger partial charge in [-0.3, -0.25) is 4.79 Å². The molecule has 0 amide bonds. The number of rotatable bonds is 4. The van der Waals surface area contributed by atoms with E-state index in [-0.39, 0.29) is 0 Å². The molecule has 3 heteroatoms. The van der Waals surface area contributed by atoms with Gasteiger partial charge in [0.2, 0.25) is 0 Å². The summed E-state index contributed by atoms with van der Waals surface area (Å²) in [6, 6.07) is 3.78. The second kappa shape index (κ2) is 5.14. The number of ether oxygens (including phenoxy) is 1. The molecule has 1 rings (SSSR count). The van der Waals surface area contributed by atoms with Gasteiger partial charge in [-0.25, -0.2) is 0 Å². The van der Waals surface area contributed by atoms with E-state index >= 15 is 0 Å². The van der Waals surface area contributed by atoms with Gasteiger partial charge in [0.1, 0.15) is 12.4 Å².